The van der Waals surface area contributed by atoms with Gasteiger partial charge in [0.05, 0.1) is 0 Å². The van der Waals surface area contributed by atoms with Crippen LogP contribution in [-0.2, 0) is 6.42 Å². The molecule has 0 atom stereocenters. The monoisotopic (exact) mass is 329 g/mol. The number of hydrogen-bond acceptors (Lipinski definition) is 2. The fourth-order valence-electron chi connectivity index (χ4n) is 2.32. The molecule has 2 aromatic rings. The molecule has 0 aliphatic rings. The number of hydrogen-bond donors (Lipinski definition) is 2. The van der Waals surface area contributed by atoms with Gasteiger partial charge in [-0.3, -0.25) is 15.1 Å². The highest BCUT2D eigenvalue weighted by Gasteiger charge is 2.17. The van der Waals surface area contributed by atoms with Gasteiger partial charge in [-0.15, -0.1) is 0 Å². The van der Waals surface area contributed by atoms with E-state index in [0.717, 1.165) is 19.3 Å². The zero-order valence-electron chi connectivity index (χ0n) is 12.8. The zero-order valence-corrected chi connectivity index (χ0v) is 13.6. The van der Waals surface area contributed by atoms with Gasteiger partial charge in [0.15, 0.2) is 5.96 Å². The summed E-state index contributed by atoms with van der Waals surface area (Å²) in [4.78, 5) is 13.7. The third-order valence-corrected chi connectivity index (χ3v) is 3.82. The van der Waals surface area contributed by atoms with Crippen LogP contribution >= 0.6 is 11.6 Å². The largest absolute Gasteiger partial charge is 0.370 e. The van der Waals surface area contributed by atoms with E-state index in [1.165, 1.54) is 10.5 Å². The molecule has 2 rings (SSSR count). The topological polar surface area (TPSA) is 70.2 Å². The molecule has 1 amide bonds. The van der Waals surface area contributed by atoms with Crippen LogP contribution in [0.4, 0.5) is 0 Å². The molecule has 0 spiro atoms. The van der Waals surface area contributed by atoms with Crippen LogP contribution < -0.4 is 5.73 Å². The van der Waals surface area contributed by atoms with E-state index in [1.807, 2.05) is 18.2 Å². The second-order valence-electron chi connectivity index (χ2n) is 5.29. The fourth-order valence-corrected chi connectivity index (χ4v) is 2.45. The second kappa shape index (κ2) is 8.34. The lowest BCUT2D eigenvalue weighted by atomic mass is 10.1. The number of carbonyl (C=O) groups excluding carboxylic acids is 1. The SMILES string of the molecule is N=C(N)N(CCCCc1ccccc1)C(=O)c1ccc(Cl)cc1. The van der Waals surface area contributed by atoms with E-state index < -0.39 is 0 Å². The van der Waals surface area contributed by atoms with Crippen LogP contribution in [0.2, 0.25) is 5.02 Å². The van der Waals surface area contributed by atoms with Crippen molar-refractivity contribution in [2.75, 3.05) is 6.54 Å². The second-order valence-corrected chi connectivity index (χ2v) is 5.73. The molecular formula is C18H20ClN3O. The molecule has 5 heteroatoms. The minimum Gasteiger partial charge on any atom is -0.370 e. The van der Waals surface area contributed by atoms with Crippen molar-refractivity contribution in [2.24, 2.45) is 5.73 Å². The Labute approximate surface area is 141 Å². The quantitative estimate of drug-likeness (QED) is 0.482. The highest BCUT2D eigenvalue weighted by atomic mass is 35.5. The standard InChI is InChI=1S/C18H20ClN3O/c19-16-11-9-15(10-12-16)17(23)22(18(20)21)13-5-4-8-14-6-2-1-3-7-14/h1-3,6-7,9-12H,4-5,8,13H2,(H3,20,21). The van der Waals surface area contributed by atoms with E-state index in [4.69, 9.17) is 22.7 Å². The number of nitrogens with two attached hydrogens (primary N) is 1. The van der Waals surface area contributed by atoms with Crippen molar-refractivity contribution in [1.82, 2.24) is 4.90 Å². The molecule has 0 saturated heterocycles. The number of carbonyl (C=O) groups is 1. The van der Waals surface area contributed by atoms with Gasteiger partial charge >= 0.3 is 0 Å². The fraction of sp³-hybridized carbons (Fsp3) is 0.222. The average molecular weight is 330 g/mol. The smallest absolute Gasteiger partial charge is 0.260 e. The molecule has 0 saturated carbocycles. The number of nitrogens with one attached hydrogen (secondary N) is 1. The van der Waals surface area contributed by atoms with Gasteiger partial charge in [-0.05, 0) is 49.1 Å². The first-order valence-electron chi connectivity index (χ1n) is 7.53. The number of benzene rings is 2. The normalized spacial score (nSPS) is 10.3. The predicted octanol–water partition coefficient (Wildman–Crippen LogP) is 3.70. The molecule has 3 N–H and O–H groups in total. The number of guanidine groups is 1. The number of nitrogens with zero attached hydrogens (tertiary/aromatic N) is 1. The lowest BCUT2D eigenvalue weighted by molar-refractivity contribution is 0.0843. The molecule has 0 heterocycles. The van der Waals surface area contributed by atoms with Crippen molar-refractivity contribution in [3.8, 4) is 0 Å². The number of rotatable bonds is 6. The molecule has 0 unspecified atom stereocenters. The number of unbranched alkanes of at least 4 members (excludes halogenated alkanes) is 1. The Morgan fingerprint density at radius 2 is 1.70 bits per heavy atom. The highest BCUT2D eigenvalue weighted by Crippen LogP contribution is 2.12. The van der Waals surface area contributed by atoms with Gasteiger partial charge < -0.3 is 5.73 Å². The molecule has 0 aromatic heterocycles. The molecule has 0 aliphatic carbocycles. The van der Waals surface area contributed by atoms with Gasteiger partial charge in [0.25, 0.3) is 5.91 Å². The van der Waals surface area contributed by atoms with Crippen LogP contribution in [0.3, 0.4) is 0 Å². The predicted molar refractivity (Wildman–Crippen MR) is 93.8 cm³/mol. The van der Waals surface area contributed by atoms with Gasteiger partial charge in [-0.1, -0.05) is 41.9 Å². The van der Waals surface area contributed by atoms with Crippen molar-refractivity contribution in [3.63, 3.8) is 0 Å². The third-order valence-electron chi connectivity index (χ3n) is 3.57. The average Bonchev–Trinajstić information content (AvgIpc) is 2.55. The Kier molecular flexibility index (Phi) is 6.18. The van der Waals surface area contributed by atoms with E-state index in [0.29, 0.717) is 17.1 Å². The highest BCUT2D eigenvalue weighted by molar-refractivity contribution is 6.30. The van der Waals surface area contributed by atoms with Gasteiger partial charge in [-0.2, -0.15) is 0 Å². The molecule has 2 aromatic carbocycles. The summed E-state index contributed by atoms with van der Waals surface area (Å²) >= 11 is 5.83. The number of amides is 1. The van der Waals surface area contributed by atoms with Crippen LogP contribution in [0.1, 0.15) is 28.8 Å². The maximum atomic E-state index is 12.4. The zero-order chi connectivity index (χ0) is 16.7. The van der Waals surface area contributed by atoms with E-state index in [-0.39, 0.29) is 11.9 Å². The van der Waals surface area contributed by atoms with Crippen molar-refractivity contribution < 1.29 is 4.79 Å². The maximum Gasteiger partial charge on any atom is 0.260 e. The first-order chi connectivity index (χ1) is 11.1. The van der Waals surface area contributed by atoms with E-state index >= 15 is 0 Å². The first-order valence-corrected chi connectivity index (χ1v) is 7.91. The van der Waals surface area contributed by atoms with Crippen molar-refractivity contribution in [3.05, 3.63) is 70.7 Å². The Hall–Kier alpha value is -2.33. The molecule has 0 fully saturated rings. The third kappa shape index (κ3) is 5.11. The summed E-state index contributed by atoms with van der Waals surface area (Å²) in [6.45, 7) is 0.434. The van der Waals surface area contributed by atoms with Crippen molar-refractivity contribution in [1.29, 1.82) is 5.41 Å². The van der Waals surface area contributed by atoms with E-state index in [1.54, 1.807) is 24.3 Å². The maximum absolute atomic E-state index is 12.4. The van der Waals surface area contributed by atoms with Crippen LogP contribution in [0.15, 0.2) is 54.6 Å². The molecule has 0 aliphatic heterocycles. The minimum atomic E-state index is -0.270. The van der Waals surface area contributed by atoms with E-state index in [2.05, 4.69) is 12.1 Å². The van der Waals surface area contributed by atoms with Crippen LogP contribution in [-0.4, -0.2) is 23.3 Å². The molecule has 0 radical (unpaired) electrons. The van der Waals surface area contributed by atoms with Gasteiger partial charge in [0.2, 0.25) is 0 Å². The summed E-state index contributed by atoms with van der Waals surface area (Å²) in [6, 6.07) is 16.8. The summed E-state index contributed by atoms with van der Waals surface area (Å²) in [6.07, 6.45) is 2.66. The Morgan fingerprint density at radius 1 is 1.04 bits per heavy atom. The van der Waals surface area contributed by atoms with Crippen molar-refractivity contribution in [2.45, 2.75) is 19.3 Å². The Morgan fingerprint density at radius 3 is 2.30 bits per heavy atom. The summed E-state index contributed by atoms with van der Waals surface area (Å²) in [5.74, 6) is -0.501. The van der Waals surface area contributed by atoms with Crippen LogP contribution in [0, 0.1) is 5.41 Å². The summed E-state index contributed by atoms with van der Waals surface area (Å²) in [5.41, 5.74) is 7.31. The number of aryl methyl sites for hydroxylation is 1. The molecular weight excluding hydrogens is 310 g/mol. The molecule has 4 nitrogen and oxygen atoms in total. The van der Waals surface area contributed by atoms with Crippen LogP contribution in [0.25, 0.3) is 0 Å². The molecule has 0 bridgehead atoms. The van der Waals surface area contributed by atoms with Crippen LogP contribution in [0.5, 0.6) is 0 Å². The Balaban J connectivity index is 1.90. The number of halogens is 1. The minimum absolute atomic E-state index is 0.232. The van der Waals surface area contributed by atoms with Crippen molar-refractivity contribution >= 4 is 23.5 Å². The molecule has 23 heavy (non-hydrogen) atoms. The summed E-state index contributed by atoms with van der Waals surface area (Å²) in [5, 5.41) is 8.20. The lowest BCUT2D eigenvalue weighted by Gasteiger charge is -2.20. The van der Waals surface area contributed by atoms with E-state index in [9.17, 15) is 4.79 Å². The Bertz CT molecular complexity index is 656. The lowest BCUT2D eigenvalue weighted by Crippen LogP contribution is -2.41. The molecule has 120 valence electrons. The van der Waals surface area contributed by atoms with Gasteiger partial charge in [0, 0.05) is 17.1 Å². The van der Waals surface area contributed by atoms with Gasteiger partial charge in [0.1, 0.15) is 0 Å². The summed E-state index contributed by atoms with van der Waals surface area (Å²) < 4.78 is 0. The van der Waals surface area contributed by atoms with Gasteiger partial charge in [-0.25, -0.2) is 0 Å². The summed E-state index contributed by atoms with van der Waals surface area (Å²) in [7, 11) is 0. The first kappa shape index (κ1) is 17.0.